The average Bonchev–Trinajstić information content (AvgIpc) is 3.53. The van der Waals surface area contributed by atoms with Crippen LogP contribution in [0.3, 0.4) is 0 Å². The van der Waals surface area contributed by atoms with Crippen molar-refractivity contribution in [2.45, 2.75) is 43.5 Å². The summed E-state index contributed by atoms with van der Waals surface area (Å²) in [5, 5.41) is 2.99. The summed E-state index contributed by atoms with van der Waals surface area (Å²) >= 11 is 3.96. The van der Waals surface area contributed by atoms with Gasteiger partial charge in [-0.1, -0.05) is 53.4 Å². The highest BCUT2D eigenvalue weighted by Gasteiger charge is 2.35. The van der Waals surface area contributed by atoms with Crippen LogP contribution in [0.25, 0.3) is 15.8 Å². The predicted molar refractivity (Wildman–Crippen MR) is 127 cm³/mol. The number of anilines is 1. The van der Waals surface area contributed by atoms with Crippen LogP contribution in [0.2, 0.25) is 0 Å². The van der Waals surface area contributed by atoms with Crippen LogP contribution in [-0.4, -0.2) is 6.54 Å². The molecule has 3 aliphatic heterocycles. The molecule has 2 aromatic carbocycles. The number of hydrogen-bond acceptors (Lipinski definition) is 3. The quantitative estimate of drug-likeness (QED) is 0.400. The summed E-state index contributed by atoms with van der Waals surface area (Å²) in [5.41, 5.74) is 9.23. The lowest BCUT2D eigenvalue weighted by molar-refractivity contribution is -0.659. The highest BCUT2D eigenvalue weighted by atomic mass is 32.2. The fourth-order valence-corrected chi connectivity index (χ4v) is 8.11. The van der Waals surface area contributed by atoms with Crippen molar-refractivity contribution >= 4 is 44.6 Å². The predicted octanol–water partition coefficient (Wildman–Crippen LogP) is 6.68. The van der Waals surface area contributed by atoms with Crippen LogP contribution in [0.4, 0.5) is 5.69 Å². The van der Waals surface area contributed by atoms with Crippen molar-refractivity contribution in [3.63, 3.8) is 0 Å². The normalized spacial score (nSPS) is 22.5. The molecule has 148 valence electrons. The van der Waals surface area contributed by atoms with Crippen LogP contribution in [0.15, 0.2) is 81.3 Å². The Morgan fingerprint density at radius 3 is 2.77 bits per heavy atom. The molecule has 0 unspecified atom stereocenters. The van der Waals surface area contributed by atoms with Gasteiger partial charge >= 0.3 is 0 Å². The molecule has 0 radical (unpaired) electrons. The lowest BCUT2D eigenvalue weighted by Gasteiger charge is -2.18. The highest BCUT2D eigenvalue weighted by Crippen LogP contribution is 2.52. The summed E-state index contributed by atoms with van der Waals surface area (Å²) in [7, 11) is 0. The highest BCUT2D eigenvalue weighted by molar-refractivity contribution is 8.03. The maximum absolute atomic E-state index is 2.58. The van der Waals surface area contributed by atoms with Crippen LogP contribution in [0, 0.1) is 0 Å². The van der Waals surface area contributed by atoms with Gasteiger partial charge in [0.25, 0.3) is 5.01 Å². The van der Waals surface area contributed by atoms with E-state index in [4.69, 9.17) is 0 Å². The van der Waals surface area contributed by atoms with E-state index in [1.54, 1.807) is 22.3 Å². The lowest BCUT2D eigenvalue weighted by atomic mass is 9.88. The summed E-state index contributed by atoms with van der Waals surface area (Å²) in [6, 6.07) is 17.8. The lowest BCUT2D eigenvalue weighted by Crippen LogP contribution is -2.30. The van der Waals surface area contributed by atoms with E-state index in [-0.39, 0.29) is 0 Å². The minimum absolute atomic E-state index is 1.13. The van der Waals surface area contributed by atoms with Gasteiger partial charge in [0.05, 0.1) is 10.7 Å². The molecule has 4 heteroatoms. The molecule has 0 saturated carbocycles. The van der Waals surface area contributed by atoms with Crippen LogP contribution in [0.5, 0.6) is 0 Å². The third-order valence-electron chi connectivity index (χ3n) is 6.92. The number of benzene rings is 2. The van der Waals surface area contributed by atoms with E-state index in [0.29, 0.717) is 0 Å². The van der Waals surface area contributed by atoms with E-state index < -0.39 is 0 Å². The molecule has 0 fully saturated rings. The molecule has 0 atom stereocenters. The second kappa shape index (κ2) is 6.60. The number of aryl methyl sites for hydroxylation is 1. The Hall–Kier alpha value is -2.30. The summed E-state index contributed by atoms with van der Waals surface area (Å²) < 4.78 is 3.97. The van der Waals surface area contributed by atoms with Gasteiger partial charge in [-0.25, -0.2) is 0 Å². The van der Waals surface area contributed by atoms with Gasteiger partial charge in [-0.3, -0.25) is 0 Å². The summed E-state index contributed by atoms with van der Waals surface area (Å²) in [5.74, 6) is 0. The third kappa shape index (κ3) is 2.47. The first-order chi connectivity index (χ1) is 14.9. The monoisotopic (exact) mass is 427 g/mol. The number of fused-ring (bicyclic) bond motifs is 6. The van der Waals surface area contributed by atoms with E-state index in [1.807, 2.05) is 23.1 Å². The first kappa shape index (κ1) is 17.4. The minimum Gasteiger partial charge on any atom is -0.334 e. The molecule has 1 aliphatic carbocycles. The van der Waals surface area contributed by atoms with E-state index in [2.05, 4.69) is 64.1 Å². The van der Waals surface area contributed by atoms with Gasteiger partial charge in [0, 0.05) is 29.5 Å². The number of hydrogen-bond donors (Lipinski definition) is 0. The molecule has 0 N–H and O–H groups in total. The molecule has 3 aromatic rings. The van der Waals surface area contributed by atoms with Crippen LogP contribution in [-0.2, 0) is 6.54 Å². The number of nitrogens with zero attached hydrogens (tertiary/aromatic N) is 2. The van der Waals surface area contributed by atoms with Gasteiger partial charge in [-0.05, 0) is 60.6 Å². The van der Waals surface area contributed by atoms with Gasteiger partial charge < -0.3 is 4.90 Å². The number of para-hydroxylation sites is 2. The molecule has 2 nitrogen and oxygen atoms in total. The Kier molecular flexibility index (Phi) is 3.82. The van der Waals surface area contributed by atoms with Crippen molar-refractivity contribution in [3.8, 4) is 0 Å². The first-order valence-electron chi connectivity index (χ1n) is 11.0. The van der Waals surface area contributed by atoms with Crippen molar-refractivity contribution in [1.29, 1.82) is 0 Å². The Balaban J connectivity index is 1.32. The Morgan fingerprint density at radius 1 is 0.867 bits per heavy atom. The topological polar surface area (TPSA) is 7.12 Å². The van der Waals surface area contributed by atoms with Crippen molar-refractivity contribution < 1.29 is 4.57 Å². The second-order valence-corrected chi connectivity index (χ2v) is 10.6. The van der Waals surface area contributed by atoms with Gasteiger partial charge in [-0.2, -0.15) is 4.57 Å². The Morgan fingerprint density at radius 2 is 1.77 bits per heavy atom. The summed E-state index contributed by atoms with van der Waals surface area (Å²) in [6.07, 6.45) is 8.69. The number of thioether (sulfide) groups is 1. The Labute approximate surface area is 185 Å². The minimum atomic E-state index is 1.13. The first-order valence-corrected chi connectivity index (χ1v) is 12.6. The molecular formula is C26H23N2S2+. The standard InChI is InChI=1S/C26H23N2S2/c1-3-10-23-21(8-1)27-14-12-19(25(27)29-23)17-6-5-7-18(16-17)20-13-15-28-22-9-2-4-11-24(22)30-26(20)28/h1-4,8-11,16H,5-7,12-15H2/q+1. The molecule has 30 heavy (non-hydrogen) atoms. The summed E-state index contributed by atoms with van der Waals surface area (Å²) in [6.45, 7) is 2.27. The SMILES string of the molecule is C1=C(C2=C3Sc4ccccc4N3CC2)CCCC1=C1CC[n+]2c1sc1ccccc12. The molecule has 0 bridgehead atoms. The molecule has 0 amide bonds. The zero-order valence-corrected chi connectivity index (χ0v) is 18.5. The number of thiazole rings is 1. The van der Waals surface area contributed by atoms with E-state index in [0.717, 1.165) is 13.1 Å². The summed E-state index contributed by atoms with van der Waals surface area (Å²) in [4.78, 5) is 3.97. The second-order valence-electron chi connectivity index (χ2n) is 8.56. The zero-order valence-electron chi connectivity index (χ0n) is 16.9. The third-order valence-corrected chi connectivity index (χ3v) is 9.37. The van der Waals surface area contributed by atoms with Crippen LogP contribution < -0.4 is 9.47 Å². The van der Waals surface area contributed by atoms with E-state index in [1.165, 1.54) is 62.9 Å². The van der Waals surface area contributed by atoms with Crippen LogP contribution in [0.1, 0.15) is 37.1 Å². The van der Waals surface area contributed by atoms with Crippen molar-refractivity contribution in [1.82, 2.24) is 0 Å². The Bertz CT molecular complexity index is 1310. The van der Waals surface area contributed by atoms with Gasteiger partial charge in [-0.15, -0.1) is 0 Å². The maximum Gasteiger partial charge on any atom is 0.266 e. The molecule has 4 aliphatic rings. The average molecular weight is 428 g/mol. The van der Waals surface area contributed by atoms with Crippen molar-refractivity contribution in [2.24, 2.45) is 0 Å². The van der Waals surface area contributed by atoms with Crippen LogP contribution >= 0.6 is 23.1 Å². The molecule has 1 aromatic heterocycles. The molecule has 7 rings (SSSR count). The van der Waals surface area contributed by atoms with Gasteiger partial charge in [0.1, 0.15) is 4.70 Å². The fraction of sp³-hybridized carbons (Fsp3) is 0.269. The number of aromatic nitrogens is 1. The smallest absolute Gasteiger partial charge is 0.266 e. The van der Waals surface area contributed by atoms with E-state index in [9.17, 15) is 0 Å². The molecule has 0 saturated heterocycles. The largest absolute Gasteiger partial charge is 0.334 e. The molecular weight excluding hydrogens is 404 g/mol. The fourth-order valence-electron chi connectivity index (χ4n) is 5.52. The molecule has 0 spiro atoms. The molecule has 4 heterocycles. The van der Waals surface area contributed by atoms with Crippen molar-refractivity contribution in [3.05, 3.63) is 81.4 Å². The maximum atomic E-state index is 2.58. The number of rotatable bonds is 1. The van der Waals surface area contributed by atoms with Gasteiger partial charge in [0.15, 0.2) is 6.54 Å². The van der Waals surface area contributed by atoms with E-state index >= 15 is 0 Å². The number of allylic oxidation sites excluding steroid dienone is 4. The zero-order chi connectivity index (χ0) is 19.7. The van der Waals surface area contributed by atoms with Gasteiger partial charge in [0.2, 0.25) is 5.52 Å². The van der Waals surface area contributed by atoms with Crippen molar-refractivity contribution in [2.75, 3.05) is 11.4 Å².